The predicted molar refractivity (Wildman–Crippen MR) is 50.5 cm³/mol. The van der Waals surface area contributed by atoms with Gasteiger partial charge in [0, 0.05) is 12.4 Å². The first-order valence-corrected chi connectivity index (χ1v) is 5.25. The highest BCUT2D eigenvalue weighted by Crippen LogP contribution is 2.20. The molecule has 0 radical (unpaired) electrons. The molecule has 1 aromatic heterocycles. The maximum absolute atomic E-state index is 5.46. The number of hydrogen-bond donors (Lipinski definition) is 2. The van der Waals surface area contributed by atoms with Crippen molar-refractivity contribution in [3.8, 4) is 0 Å². The van der Waals surface area contributed by atoms with Gasteiger partial charge >= 0.3 is 0 Å². The highest BCUT2D eigenvalue weighted by Gasteiger charge is 2.16. The lowest BCUT2D eigenvalue weighted by Gasteiger charge is -2.05. The zero-order chi connectivity index (χ0) is 9.10. The van der Waals surface area contributed by atoms with Gasteiger partial charge < -0.3 is 10.5 Å². The highest BCUT2D eigenvalue weighted by atomic mass is 32.2. The largest absolute Gasteiger partial charge is 0.377 e. The maximum atomic E-state index is 5.46. The molecule has 1 atom stereocenters. The summed E-state index contributed by atoms with van der Waals surface area (Å²) in [6.45, 7) is 0.890. The number of ether oxygens (including phenoxy) is 1. The quantitative estimate of drug-likeness (QED) is 0.701. The van der Waals surface area contributed by atoms with Gasteiger partial charge in [-0.25, -0.2) is 5.10 Å². The minimum atomic E-state index is 0.365. The Bertz CT molecular complexity index is 271. The Morgan fingerprint density at radius 2 is 2.62 bits per heavy atom. The minimum Gasteiger partial charge on any atom is -0.377 e. The van der Waals surface area contributed by atoms with Crippen LogP contribution in [-0.2, 0) is 4.74 Å². The third-order valence-corrected chi connectivity index (χ3v) is 2.88. The van der Waals surface area contributed by atoms with E-state index in [1.807, 2.05) is 0 Å². The molecular weight excluding hydrogens is 188 g/mol. The van der Waals surface area contributed by atoms with Gasteiger partial charge in [0.15, 0.2) is 0 Å². The van der Waals surface area contributed by atoms with E-state index in [9.17, 15) is 0 Å². The lowest BCUT2D eigenvalue weighted by molar-refractivity contribution is 0.129. The second-order valence-electron chi connectivity index (χ2n) is 2.95. The number of nitrogen functional groups attached to an aromatic ring is 1. The van der Waals surface area contributed by atoms with Gasteiger partial charge in [0.1, 0.15) is 0 Å². The van der Waals surface area contributed by atoms with Crippen molar-refractivity contribution in [3.63, 3.8) is 0 Å². The zero-order valence-electron chi connectivity index (χ0n) is 7.19. The number of thioether (sulfide) groups is 1. The number of nitrogens with two attached hydrogens (primary N) is 1. The van der Waals surface area contributed by atoms with E-state index in [1.54, 1.807) is 11.8 Å². The summed E-state index contributed by atoms with van der Waals surface area (Å²) in [7, 11) is 0. The first kappa shape index (κ1) is 8.83. The summed E-state index contributed by atoms with van der Waals surface area (Å²) in [5.74, 6) is 1.28. The second kappa shape index (κ2) is 3.97. The van der Waals surface area contributed by atoms with Crippen LogP contribution in [0.5, 0.6) is 0 Å². The fraction of sp³-hybridized carbons (Fsp3) is 0.714. The molecule has 0 saturated carbocycles. The van der Waals surface area contributed by atoms with Gasteiger partial charge in [-0.15, -0.1) is 5.10 Å². The first-order valence-electron chi connectivity index (χ1n) is 4.27. The standard InChI is InChI=1S/C7H12N4OS/c8-6-9-7(11-10-6)13-4-5-2-1-3-12-5/h5H,1-4H2,(H3,8,9,10,11)/t5-/m0/s1. The third kappa shape index (κ3) is 2.35. The van der Waals surface area contributed by atoms with Gasteiger partial charge in [-0.05, 0) is 12.8 Å². The SMILES string of the molecule is Nc1nc(SC[C@@H]2CCCO2)n[nH]1. The normalized spacial score (nSPS) is 22.3. The van der Waals surface area contributed by atoms with Crippen LogP contribution in [0.4, 0.5) is 5.95 Å². The summed E-state index contributed by atoms with van der Waals surface area (Å²) >= 11 is 1.58. The Kier molecular flexibility index (Phi) is 2.70. The molecule has 2 heterocycles. The molecule has 1 aromatic rings. The van der Waals surface area contributed by atoms with E-state index in [1.165, 1.54) is 6.42 Å². The van der Waals surface area contributed by atoms with Crippen molar-refractivity contribution in [2.45, 2.75) is 24.1 Å². The number of aromatic nitrogens is 3. The topological polar surface area (TPSA) is 76.8 Å². The molecule has 0 spiro atoms. The Balaban J connectivity index is 1.78. The molecule has 2 rings (SSSR count). The van der Waals surface area contributed by atoms with Crippen molar-refractivity contribution in [3.05, 3.63) is 0 Å². The van der Waals surface area contributed by atoms with Crippen LogP contribution in [0.2, 0.25) is 0 Å². The monoisotopic (exact) mass is 200 g/mol. The van der Waals surface area contributed by atoms with Crippen LogP contribution in [0.1, 0.15) is 12.8 Å². The van der Waals surface area contributed by atoms with Crippen LogP contribution in [0, 0.1) is 0 Å². The molecule has 6 heteroatoms. The van der Waals surface area contributed by atoms with Gasteiger partial charge in [-0.3, -0.25) is 0 Å². The zero-order valence-corrected chi connectivity index (χ0v) is 8.01. The minimum absolute atomic E-state index is 0.365. The third-order valence-electron chi connectivity index (χ3n) is 1.90. The van der Waals surface area contributed by atoms with E-state index < -0.39 is 0 Å². The molecule has 0 unspecified atom stereocenters. The fourth-order valence-electron chi connectivity index (χ4n) is 1.27. The van der Waals surface area contributed by atoms with Crippen molar-refractivity contribution in [2.75, 3.05) is 18.1 Å². The van der Waals surface area contributed by atoms with E-state index in [4.69, 9.17) is 10.5 Å². The van der Waals surface area contributed by atoms with Crippen molar-refractivity contribution >= 4 is 17.7 Å². The lowest BCUT2D eigenvalue weighted by atomic mass is 10.3. The molecule has 0 bridgehead atoms. The molecule has 1 fully saturated rings. The molecule has 13 heavy (non-hydrogen) atoms. The second-order valence-corrected chi connectivity index (χ2v) is 3.94. The van der Waals surface area contributed by atoms with Crippen molar-refractivity contribution in [1.29, 1.82) is 0 Å². The molecule has 5 nitrogen and oxygen atoms in total. The maximum Gasteiger partial charge on any atom is 0.216 e. The average Bonchev–Trinajstić information content (AvgIpc) is 2.71. The summed E-state index contributed by atoms with van der Waals surface area (Å²) in [5, 5.41) is 7.22. The summed E-state index contributed by atoms with van der Waals surface area (Å²) in [5.41, 5.74) is 5.39. The number of rotatable bonds is 3. The molecule has 0 amide bonds. The summed E-state index contributed by atoms with van der Waals surface area (Å²) < 4.78 is 5.46. The Morgan fingerprint density at radius 3 is 3.23 bits per heavy atom. The molecule has 1 aliphatic rings. The van der Waals surface area contributed by atoms with E-state index in [2.05, 4.69) is 15.2 Å². The number of nitrogens with zero attached hydrogens (tertiary/aromatic N) is 2. The summed E-state index contributed by atoms with van der Waals surface area (Å²) in [6, 6.07) is 0. The molecule has 0 aromatic carbocycles. The van der Waals surface area contributed by atoms with E-state index in [0.29, 0.717) is 17.2 Å². The van der Waals surface area contributed by atoms with Crippen LogP contribution in [0.25, 0.3) is 0 Å². The molecular formula is C7H12N4OS. The number of aromatic amines is 1. The van der Waals surface area contributed by atoms with Gasteiger partial charge in [0.05, 0.1) is 6.10 Å². The lowest BCUT2D eigenvalue weighted by Crippen LogP contribution is -2.07. The van der Waals surface area contributed by atoms with Crippen molar-refractivity contribution in [2.24, 2.45) is 0 Å². The van der Waals surface area contributed by atoms with Crippen molar-refractivity contribution in [1.82, 2.24) is 15.2 Å². The van der Waals surface area contributed by atoms with Crippen LogP contribution >= 0.6 is 11.8 Å². The summed E-state index contributed by atoms with van der Waals surface area (Å²) in [4.78, 5) is 3.99. The Morgan fingerprint density at radius 1 is 1.69 bits per heavy atom. The van der Waals surface area contributed by atoms with Gasteiger partial charge in [-0.2, -0.15) is 4.98 Å². The number of anilines is 1. The van der Waals surface area contributed by atoms with Gasteiger partial charge in [0.25, 0.3) is 0 Å². The highest BCUT2D eigenvalue weighted by molar-refractivity contribution is 7.99. The van der Waals surface area contributed by atoms with Crippen LogP contribution in [0.15, 0.2) is 5.16 Å². The molecule has 1 saturated heterocycles. The van der Waals surface area contributed by atoms with Crippen LogP contribution in [-0.4, -0.2) is 33.6 Å². The molecule has 0 aliphatic carbocycles. The van der Waals surface area contributed by atoms with Crippen LogP contribution < -0.4 is 5.73 Å². The Hall–Kier alpha value is -0.750. The molecule has 3 N–H and O–H groups in total. The summed E-state index contributed by atoms with van der Waals surface area (Å²) in [6.07, 6.45) is 2.68. The van der Waals surface area contributed by atoms with Gasteiger partial charge in [0.2, 0.25) is 11.1 Å². The molecule has 1 aliphatic heterocycles. The Labute approximate surface area is 80.4 Å². The van der Waals surface area contributed by atoms with Crippen molar-refractivity contribution < 1.29 is 4.74 Å². The number of H-pyrrole nitrogens is 1. The number of hydrogen-bond acceptors (Lipinski definition) is 5. The van der Waals surface area contributed by atoms with E-state index in [-0.39, 0.29) is 0 Å². The van der Waals surface area contributed by atoms with Crippen LogP contribution in [0.3, 0.4) is 0 Å². The van der Waals surface area contributed by atoms with Gasteiger partial charge in [-0.1, -0.05) is 11.8 Å². The number of nitrogens with one attached hydrogen (secondary N) is 1. The molecule has 72 valence electrons. The van der Waals surface area contributed by atoms with E-state index >= 15 is 0 Å². The predicted octanol–water partition coefficient (Wildman–Crippen LogP) is 0.658. The fourth-order valence-corrected chi connectivity index (χ4v) is 2.14. The van der Waals surface area contributed by atoms with E-state index in [0.717, 1.165) is 18.8 Å². The smallest absolute Gasteiger partial charge is 0.216 e. The average molecular weight is 200 g/mol. The first-order chi connectivity index (χ1) is 6.34.